The fraction of sp³-hybridized carbons (Fsp3) is 0.211. The molecule has 0 aliphatic carbocycles. The van der Waals surface area contributed by atoms with Crippen molar-refractivity contribution in [2.24, 2.45) is 0 Å². The van der Waals surface area contributed by atoms with Gasteiger partial charge in [0, 0.05) is 6.08 Å². The first-order chi connectivity index (χ1) is 13.4. The smallest absolute Gasteiger partial charge is 0.296 e. The van der Waals surface area contributed by atoms with E-state index < -0.39 is 10.8 Å². The maximum atomic E-state index is 12.2. The summed E-state index contributed by atoms with van der Waals surface area (Å²) >= 11 is 0. The van der Waals surface area contributed by atoms with Gasteiger partial charge in [-0.25, -0.2) is 0 Å². The predicted octanol–water partition coefficient (Wildman–Crippen LogP) is 3.28. The number of rotatable bonds is 8. The average Bonchev–Trinajstić information content (AvgIpc) is 2.71. The molecule has 0 aliphatic rings. The van der Waals surface area contributed by atoms with Crippen molar-refractivity contribution in [3.05, 3.63) is 52.1 Å². The van der Waals surface area contributed by atoms with Crippen LogP contribution in [0.2, 0.25) is 0 Å². The maximum absolute atomic E-state index is 12.2. The Hall–Kier alpha value is -3.75. The minimum atomic E-state index is -0.596. The van der Waals surface area contributed by atoms with E-state index in [-0.39, 0.29) is 11.4 Å². The third-order valence-electron chi connectivity index (χ3n) is 3.77. The van der Waals surface area contributed by atoms with E-state index in [0.29, 0.717) is 28.6 Å². The van der Waals surface area contributed by atoms with Gasteiger partial charge in [-0.05, 0) is 35.9 Å². The van der Waals surface area contributed by atoms with Gasteiger partial charge in [0.25, 0.3) is 5.69 Å². The Morgan fingerprint density at radius 2 is 1.64 bits per heavy atom. The van der Waals surface area contributed by atoms with Gasteiger partial charge in [0.15, 0.2) is 11.5 Å². The Balaban J connectivity index is 2.24. The highest BCUT2D eigenvalue weighted by Crippen LogP contribution is 2.38. The zero-order valence-electron chi connectivity index (χ0n) is 15.8. The van der Waals surface area contributed by atoms with Crippen molar-refractivity contribution in [1.82, 2.24) is 0 Å². The van der Waals surface area contributed by atoms with Crippen LogP contribution in [0.4, 0.5) is 11.4 Å². The molecule has 0 aliphatic heterocycles. The number of nitrogens with zero attached hydrogens (tertiary/aromatic N) is 1. The zero-order chi connectivity index (χ0) is 20.7. The van der Waals surface area contributed by atoms with Crippen molar-refractivity contribution in [2.75, 3.05) is 33.8 Å². The summed E-state index contributed by atoms with van der Waals surface area (Å²) in [7, 11) is 5.86. The van der Waals surface area contributed by atoms with Crippen LogP contribution in [0.1, 0.15) is 5.56 Å². The Morgan fingerprint density at radius 1 is 1.00 bits per heavy atom. The molecule has 0 heterocycles. The predicted molar refractivity (Wildman–Crippen MR) is 103 cm³/mol. The van der Waals surface area contributed by atoms with E-state index in [1.807, 2.05) is 0 Å². The number of ether oxygens (including phenoxy) is 4. The number of anilines is 1. The van der Waals surface area contributed by atoms with Crippen molar-refractivity contribution < 1.29 is 28.7 Å². The highest BCUT2D eigenvalue weighted by molar-refractivity contribution is 6.03. The number of hydrogen-bond donors (Lipinski definition) is 1. The summed E-state index contributed by atoms with van der Waals surface area (Å²) in [6, 6.07) is 7.49. The number of amides is 1. The molecule has 148 valence electrons. The van der Waals surface area contributed by atoms with E-state index in [4.69, 9.17) is 18.9 Å². The number of hydrogen-bond acceptors (Lipinski definition) is 7. The molecular weight excluding hydrogens is 368 g/mol. The molecule has 0 spiro atoms. The number of nitro groups is 1. The van der Waals surface area contributed by atoms with Crippen molar-refractivity contribution >= 4 is 23.4 Å². The summed E-state index contributed by atoms with van der Waals surface area (Å²) in [5, 5.41) is 13.7. The van der Waals surface area contributed by atoms with Gasteiger partial charge in [0.2, 0.25) is 11.7 Å². The Bertz CT molecular complexity index is 884. The second kappa shape index (κ2) is 9.26. The first-order valence-corrected chi connectivity index (χ1v) is 8.05. The molecule has 9 nitrogen and oxygen atoms in total. The molecule has 2 rings (SSSR count). The van der Waals surface area contributed by atoms with E-state index in [9.17, 15) is 14.9 Å². The second-order valence-electron chi connectivity index (χ2n) is 5.42. The number of methoxy groups -OCH3 is 4. The van der Waals surface area contributed by atoms with Crippen molar-refractivity contribution in [3.63, 3.8) is 0 Å². The summed E-state index contributed by atoms with van der Waals surface area (Å²) in [5.41, 5.74) is 0.410. The van der Waals surface area contributed by atoms with Crippen molar-refractivity contribution in [1.29, 1.82) is 0 Å². The summed E-state index contributed by atoms with van der Waals surface area (Å²) in [4.78, 5) is 22.8. The fourth-order valence-corrected chi connectivity index (χ4v) is 2.44. The van der Waals surface area contributed by atoms with E-state index in [0.717, 1.165) is 0 Å². The lowest BCUT2D eigenvalue weighted by Gasteiger charge is -2.12. The highest BCUT2D eigenvalue weighted by Gasteiger charge is 2.17. The highest BCUT2D eigenvalue weighted by atomic mass is 16.6. The molecule has 0 radical (unpaired) electrons. The van der Waals surface area contributed by atoms with Gasteiger partial charge in [-0.2, -0.15) is 0 Å². The molecule has 0 atom stereocenters. The molecule has 0 saturated heterocycles. The van der Waals surface area contributed by atoms with E-state index in [2.05, 4.69) is 5.32 Å². The maximum Gasteiger partial charge on any atom is 0.296 e. The quantitative estimate of drug-likeness (QED) is 0.420. The molecule has 28 heavy (non-hydrogen) atoms. The lowest BCUT2D eigenvalue weighted by Crippen LogP contribution is -2.09. The molecule has 0 saturated carbocycles. The number of carbonyl (C=O) groups excluding carboxylic acids is 1. The second-order valence-corrected chi connectivity index (χ2v) is 5.42. The molecule has 0 fully saturated rings. The Morgan fingerprint density at radius 3 is 2.14 bits per heavy atom. The normalized spacial score (nSPS) is 10.4. The third-order valence-corrected chi connectivity index (χ3v) is 3.77. The minimum Gasteiger partial charge on any atom is -0.496 e. The number of nitro benzene ring substituents is 1. The number of benzene rings is 2. The lowest BCUT2D eigenvalue weighted by molar-refractivity contribution is -0.384. The summed E-state index contributed by atoms with van der Waals surface area (Å²) in [6.45, 7) is 0. The van der Waals surface area contributed by atoms with Crippen LogP contribution >= 0.6 is 0 Å². The van der Waals surface area contributed by atoms with E-state index in [1.165, 1.54) is 58.8 Å². The average molecular weight is 388 g/mol. The molecule has 2 aromatic carbocycles. The van der Waals surface area contributed by atoms with Gasteiger partial charge in [0.1, 0.15) is 11.4 Å². The van der Waals surface area contributed by atoms with Gasteiger partial charge in [-0.1, -0.05) is 0 Å². The Labute approximate surface area is 161 Å². The van der Waals surface area contributed by atoms with Crippen LogP contribution in [-0.4, -0.2) is 39.3 Å². The first-order valence-electron chi connectivity index (χ1n) is 8.05. The van der Waals surface area contributed by atoms with Crippen LogP contribution in [0, 0.1) is 10.1 Å². The monoisotopic (exact) mass is 388 g/mol. The van der Waals surface area contributed by atoms with Gasteiger partial charge < -0.3 is 24.3 Å². The molecule has 0 bridgehead atoms. The van der Waals surface area contributed by atoms with Crippen molar-refractivity contribution in [2.45, 2.75) is 0 Å². The Kier molecular flexibility index (Phi) is 6.80. The van der Waals surface area contributed by atoms with Crippen LogP contribution in [0.15, 0.2) is 36.4 Å². The van der Waals surface area contributed by atoms with E-state index in [1.54, 1.807) is 12.1 Å². The molecule has 2 aromatic rings. The van der Waals surface area contributed by atoms with Crippen LogP contribution in [0.5, 0.6) is 23.0 Å². The lowest BCUT2D eigenvalue weighted by atomic mass is 10.1. The minimum absolute atomic E-state index is 0.0605. The summed E-state index contributed by atoms with van der Waals surface area (Å²) < 4.78 is 20.7. The largest absolute Gasteiger partial charge is 0.496 e. The van der Waals surface area contributed by atoms with Gasteiger partial charge in [-0.3, -0.25) is 14.9 Å². The standard InChI is InChI=1S/C19H20N2O7/c1-25-13-6-7-14(15(11-13)21(23)24)20-18(22)8-5-12-9-16(26-2)19(28-4)17(10-12)27-3/h5-11H,1-4H3,(H,20,22)/b8-5+. The van der Waals surface area contributed by atoms with Gasteiger partial charge in [0.05, 0.1) is 39.4 Å². The van der Waals surface area contributed by atoms with Gasteiger partial charge >= 0.3 is 0 Å². The van der Waals surface area contributed by atoms with E-state index >= 15 is 0 Å². The number of nitrogens with one attached hydrogen (secondary N) is 1. The molecule has 0 aromatic heterocycles. The molecule has 0 unspecified atom stereocenters. The fourth-order valence-electron chi connectivity index (χ4n) is 2.44. The molecular formula is C19H20N2O7. The first kappa shape index (κ1) is 20.6. The number of carbonyl (C=O) groups is 1. The van der Waals surface area contributed by atoms with Crippen LogP contribution in [0.3, 0.4) is 0 Å². The topological polar surface area (TPSA) is 109 Å². The zero-order valence-corrected chi connectivity index (χ0v) is 15.8. The van der Waals surface area contributed by atoms with Crippen molar-refractivity contribution in [3.8, 4) is 23.0 Å². The summed E-state index contributed by atoms with van der Waals surface area (Å²) in [6.07, 6.45) is 2.77. The molecule has 1 N–H and O–H groups in total. The van der Waals surface area contributed by atoms with Crippen LogP contribution in [-0.2, 0) is 4.79 Å². The van der Waals surface area contributed by atoms with Gasteiger partial charge in [-0.15, -0.1) is 0 Å². The van der Waals surface area contributed by atoms with Crippen LogP contribution < -0.4 is 24.3 Å². The third kappa shape index (κ3) is 4.70. The molecule has 1 amide bonds. The van der Waals surface area contributed by atoms with Crippen LogP contribution in [0.25, 0.3) is 6.08 Å². The molecule has 9 heteroatoms. The summed E-state index contributed by atoms with van der Waals surface area (Å²) in [5.74, 6) is 1.08. The SMILES string of the molecule is COc1ccc(NC(=O)/C=C/c2cc(OC)c(OC)c(OC)c2)c([N+](=O)[O-])c1.